The summed E-state index contributed by atoms with van der Waals surface area (Å²) in [7, 11) is 1.60. The lowest BCUT2D eigenvalue weighted by molar-refractivity contribution is -0.114. The zero-order valence-corrected chi connectivity index (χ0v) is 21.1. The number of hydrogen-bond acceptors (Lipinski definition) is 7. The first kappa shape index (κ1) is 24.3. The molecule has 0 spiro atoms. The number of hydrazone groups is 1. The number of ether oxygens (including phenoxy) is 3. The molecule has 0 aliphatic carbocycles. The topological polar surface area (TPSA) is 96.6 Å². The van der Waals surface area contributed by atoms with E-state index < -0.39 is 5.91 Å². The van der Waals surface area contributed by atoms with Crippen LogP contribution in [0.25, 0.3) is 6.08 Å². The number of methoxy groups -OCH3 is 1. The third kappa shape index (κ3) is 5.41. The molecule has 0 atom stereocenters. The number of aliphatic imine (C=N–C) groups is 1. The highest BCUT2D eigenvalue weighted by atomic mass is 32.2. The van der Waals surface area contributed by atoms with Gasteiger partial charge < -0.3 is 14.2 Å². The molecule has 0 fully saturated rings. The summed E-state index contributed by atoms with van der Waals surface area (Å²) in [5.41, 5.74) is 2.99. The third-order valence-electron chi connectivity index (χ3n) is 5.62. The molecular weight excluding hydrogens is 488 g/mol. The Morgan fingerprint density at radius 1 is 0.946 bits per heavy atom. The number of nitrogens with one attached hydrogen (secondary N) is 1. The Bertz CT molecular complexity index is 1430. The minimum absolute atomic E-state index is 0.00146. The number of aryl methyl sites for hydroxylation is 1. The van der Waals surface area contributed by atoms with Crippen molar-refractivity contribution in [1.82, 2.24) is 5.01 Å². The molecule has 0 radical (unpaired) electrons. The van der Waals surface area contributed by atoms with Crippen molar-refractivity contribution in [2.24, 2.45) is 10.1 Å². The number of benzene rings is 3. The molecule has 5 rings (SSSR count). The summed E-state index contributed by atoms with van der Waals surface area (Å²) < 4.78 is 16.8. The number of fused-ring (bicyclic) bond motifs is 1. The number of nitrogens with zero attached hydrogens (tertiary/aromatic N) is 3. The van der Waals surface area contributed by atoms with Gasteiger partial charge in [-0.2, -0.15) is 15.1 Å². The van der Waals surface area contributed by atoms with Crippen LogP contribution in [0.4, 0.5) is 0 Å². The molecule has 37 heavy (non-hydrogen) atoms. The van der Waals surface area contributed by atoms with Crippen LogP contribution in [0.3, 0.4) is 0 Å². The minimum Gasteiger partial charge on any atom is -0.493 e. The van der Waals surface area contributed by atoms with Crippen molar-refractivity contribution >= 4 is 39.8 Å². The summed E-state index contributed by atoms with van der Waals surface area (Å²) in [4.78, 5) is 16.9. The Hall–Kier alpha value is -4.37. The van der Waals surface area contributed by atoms with Gasteiger partial charge in [0, 0.05) is 5.56 Å². The van der Waals surface area contributed by atoms with Gasteiger partial charge in [0.1, 0.15) is 24.0 Å². The van der Waals surface area contributed by atoms with Gasteiger partial charge in [-0.25, -0.2) is 0 Å². The van der Waals surface area contributed by atoms with Crippen LogP contribution in [-0.4, -0.2) is 47.3 Å². The number of hydrogen-bond donors (Lipinski definition) is 1. The Kier molecular flexibility index (Phi) is 7.04. The first-order valence-corrected chi connectivity index (χ1v) is 12.4. The van der Waals surface area contributed by atoms with Crippen molar-refractivity contribution in [3.8, 4) is 17.2 Å². The maximum atomic E-state index is 12.7. The molecule has 1 N–H and O–H groups in total. The lowest BCUT2D eigenvalue weighted by Crippen LogP contribution is -2.35. The number of thioether (sulfide) groups is 1. The normalized spacial score (nSPS) is 15.8. The SMILES string of the molecule is COc1ccccc1OCCOc1ccc(C=C2C(=N)N3N=C(c4ccc(C)cc4)SC3=NC2=O)cc1. The summed E-state index contributed by atoms with van der Waals surface area (Å²) in [5, 5.41) is 15.6. The fraction of sp³-hybridized carbons (Fsp3) is 0.143. The van der Waals surface area contributed by atoms with Crippen LogP contribution in [0.1, 0.15) is 16.7 Å². The fourth-order valence-electron chi connectivity index (χ4n) is 3.68. The van der Waals surface area contributed by atoms with Crippen molar-refractivity contribution in [3.63, 3.8) is 0 Å². The predicted molar refractivity (Wildman–Crippen MR) is 146 cm³/mol. The van der Waals surface area contributed by atoms with E-state index in [9.17, 15) is 4.79 Å². The maximum Gasteiger partial charge on any atom is 0.283 e. The number of amides is 1. The smallest absolute Gasteiger partial charge is 0.283 e. The van der Waals surface area contributed by atoms with Gasteiger partial charge in [-0.15, -0.1) is 0 Å². The second kappa shape index (κ2) is 10.7. The van der Waals surface area contributed by atoms with E-state index in [4.69, 9.17) is 19.6 Å². The van der Waals surface area contributed by atoms with E-state index in [-0.39, 0.29) is 11.4 Å². The van der Waals surface area contributed by atoms with Gasteiger partial charge in [0.15, 0.2) is 17.3 Å². The van der Waals surface area contributed by atoms with Crippen LogP contribution in [-0.2, 0) is 4.79 Å². The average molecular weight is 513 g/mol. The molecule has 1 amide bonds. The highest BCUT2D eigenvalue weighted by Crippen LogP contribution is 2.31. The summed E-state index contributed by atoms with van der Waals surface area (Å²) >= 11 is 1.28. The molecule has 3 aromatic carbocycles. The van der Waals surface area contributed by atoms with E-state index in [1.165, 1.54) is 16.8 Å². The number of para-hydroxylation sites is 2. The van der Waals surface area contributed by atoms with Crippen molar-refractivity contribution < 1.29 is 19.0 Å². The number of carbonyl (C=O) groups excluding carboxylic acids is 1. The highest BCUT2D eigenvalue weighted by Gasteiger charge is 2.36. The molecule has 0 aromatic heterocycles. The third-order valence-corrected chi connectivity index (χ3v) is 6.58. The Balaban J connectivity index is 1.22. The molecule has 0 saturated heterocycles. The van der Waals surface area contributed by atoms with Crippen LogP contribution in [0.5, 0.6) is 17.2 Å². The van der Waals surface area contributed by atoms with Gasteiger partial charge in [0.05, 0.1) is 12.7 Å². The molecule has 9 heteroatoms. The van der Waals surface area contributed by atoms with Crippen molar-refractivity contribution in [2.75, 3.05) is 20.3 Å². The fourth-order valence-corrected chi connectivity index (χ4v) is 4.58. The Labute approximate surface area is 218 Å². The molecule has 8 nitrogen and oxygen atoms in total. The summed E-state index contributed by atoms with van der Waals surface area (Å²) in [5.74, 6) is 1.53. The summed E-state index contributed by atoms with van der Waals surface area (Å²) in [6, 6.07) is 22.6. The van der Waals surface area contributed by atoms with E-state index >= 15 is 0 Å². The predicted octanol–water partition coefficient (Wildman–Crippen LogP) is 5.13. The molecule has 2 heterocycles. The molecular formula is C28H24N4O4S. The maximum absolute atomic E-state index is 12.7. The molecule has 0 saturated carbocycles. The minimum atomic E-state index is -0.460. The van der Waals surface area contributed by atoms with Gasteiger partial charge in [-0.05, 0) is 54.6 Å². The van der Waals surface area contributed by atoms with Gasteiger partial charge in [0.2, 0.25) is 5.17 Å². The first-order valence-electron chi connectivity index (χ1n) is 11.6. The molecule has 2 aliphatic rings. The Morgan fingerprint density at radius 3 is 2.38 bits per heavy atom. The van der Waals surface area contributed by atoms with Crippen molar-refractivity contribution in [2.45, 2.75) is 6.92 Å². The zero-order chi connectivity index (χ0) is 25.8. The van der Waals surface area contributed by atoms with Crippen LogP contribution in [0.15, 0.2) is 88.5 Å². The van der Waals surface area contributed by atoms with E-state index in [0.29, 0.717) is 40.7 Å². The molecule has 0 bridgehead atoms. The zero-order valence-electron chi connectivity index (χ0n) is 20.3. The standard InChI is InChI=1S/C28H24N4O4S/c1-18-7-11-20(12-8-18)27-31-32-25(29)22(26(33)30-28(32)37-27)17-19-9-13-21(14-10-19)35-15-16-36-24-6-4-3-5-23(24)34-2/h3-14,17,29H,15-16H2,1-2H3. The lowest BCUT2D eigenvalue weighted by atomic mass is 10.1. The van der Waals surface area contributed by atoms with Crippen LogP contribution < -0.4 is 14.2 Å². The van der Waals surface area contributed by atoms with E-state index in [1.807, 2.05) is 67.6 Å². The van der Waals surface area contributed by atoms with E-state index in [0.717, 1.165) is 16.7 Å². The monoisotopic (exact) mass is 512 g/mol. The average Bonchev–Trinajstić information content (AvgIpc) is 3.34. The van der Waals surface area contributed by atoms with E-state index in [2.05, 4.69) is 10.1 Å². The molecule has 3 aromatic rings. The first-order chi connectivity index (χ1) is 18.0. The van der Waals surface area contributed by atoms with Crippen LogP contribution >= 0.6 is 11.8 Å². The largest absolute Gasteiger partial charge is 0.493 e. The quantitative estimate of drug-likeness (QED) is 0.332. The number of carbonyl (C=O) groups is 1. The second-order valence-corrected chi connectivity index (χ2v) is 9.16. The van der Waals surface area contributed by atoms with Gasteiger partial charge >= 0.3 is 0 Å². The highest BCUT2D eigenvalue weighted by molar-refractivity contribution is 8.27. The van der Waals surface area contributed by atoms with Crippen molar-refractivity contribution in [3.05, 3.63) is 95.1 Å². The van der Waals surface area contributed by atoms with Crippen LogP contribution in [0, 0.1) is 12.3 Å². The summed E-state index contributed by atoms with van der Waals surface area (Å²) in [6.07, 6.45) is 1.64. The number of rotatable bonds is 8. The molecule has 2 aliphatic heterocycles. The number of amidine groups is 2. The summed E-state index contributed by atoms with van der Waals surface area (Å²) in [6.45, 7) is 2.73. The van der Waals surface area contributed by atoms with E-state index in [1.54, 1.807) is 25.3 Å². The van der Waals surface area contributed by atoms with Crippen LogP contribution in [0.2, 0.25) is 0 Å². The van der Waals surface area contributed by atoms with Gasteiger partial charge in [-0.1, -0.05) is 54.1 Å². The molecule has 0 unspecified atom stereocenters. The molecule has 186 valence electrons. The van der Waals surface area contributed by atoms with Gasteiger partial charge in [0.25, 0.3) is 5.91 Å². The van der Waals surface area contributed by atoms with Gasteiger partial charge in [-0.3, -0.25) is 10.2 Å². The second-order valence-electron chi connectivity index (χ2n) is 8.21. The Morgan fingerprint density at radius 2 is 1.65 bits per heavy atom. The van der Waals surface area contributed by atoms with Crippen molar-refractivity contribution in [1.29, 1.82) is 5.41 Å². The lowest BCUT2D eigenvalue weighted by Gasteiger charge is -2.20.